The zero-order chi connectivity index (χ0) is 15.5. The first-order valence-electron chi connectivity index (χ1n) is 6.44. The topological polar surface area (TPSA) is 86.9 Å². The van der Waals surface area contributed by atoms with E-state index in [1.54, 1.807) is 36.4 Å². The van der Waals surface area contributed by atoms with Gasteiger partial charge in [-0.2, -0.15) is 5.10 Å². The van der Waals surface area contributed by atoms with E-state index in [0.29, 0.717) is 16.0 Å². The minimum atomic E-state index is -0.500. The second-order valence-corrected chi connectivity index (χ2v) is 4.97. The number of fused-ring (bicyclic) bond motifs is 1. The summed E-state index contributed by atoms with van der Waals surface area (Å²) in [6.45, 7) is 0. The number of nitrogens with zero attached hydrogens (tertiary/aromatic N) is 1. The first-order chi connectivity index (χ1) is 10.6. The van der Waals surface area contributed by atoms with Gasteiger partial charge in [0.05, 0.1) is 5.52 Å². The van der Waals surface area contributed by atoms with Crippen LogP contribution >= 0.6 is 11.6 Å². The lowest BCUT2D eigenvalue weighted by atomic mass is 10.2. The van der Waals surface area contributed by atoms with Gasteiger partial charge in [-0.25, -0.2) is 0 Å². The fourth-order valence-electron chi connectivity index (χ4n) is 1.98. The molecule has 3 aromatic rings. The number of carbonyl (C=O) groups is 2. The second kappa shape index (κ2) is 5.87. The molecule has 3 N–H and O–H groups in total. The molecule has 0 aliphatic carbocycles. The van der Waals surface area contributed by atoms with Crippen molar-refractivity contribution in [3.63, 3.8) is 0 Å². The summed E-state index contributed by atoms with van der Waals surface area (Å²) in [5.74, 6) is -0.940. The number of halogens is 1. The van der Waals surface area contributed by atoms with E-state index in [-0.39, 0.29) is 5.69 Å². The van der Waals surface area contributed by atoms with E-state index < -0.39 is 11.8 Å². The molecule has 1 heterocycles. The summed E-state index contributed by atoms with van der Waals surface area (Å²) in [6.07, 6.45) is 0. The molecular weight excluding hydrogens is 304 g/mol. The molecule has 22 heavy (non-hydrogen) atoms. The molecule has 0 radical (unpaired) electrons. The van der Waals surface area contributed by atoms with Gasteiger partial charge in [-0.1, -0.05) is 29.8 Å². The number of hydrazine groups is 1. The number of nitrogens with one attached hydrogen (secondary N) is 3. The molecule has 2 aromatic carbocycles. The first-order valence-corrected chi connectivity index (χ1v) is 6.82. The van der Waals surface area contributed by atoms with Gasteiger partial charge in [0, 0.05) is 16.0 Å². The highest BCUT2D eigenvalue weighted by molar-refractivity contribution is 6.30. The van der Waals surface area contributed by atoms with Gasteiger partial charge >= 0.3 is 0 Å². The Balaban J connectivity index is 1.70. The van der Waals surface area contributed by atoms with Crippen molar-refractivity contribution in [3.05, 3.63) is 64.8 Å². The highest BCUT2D eigenvalue weighted by Gasteiger charge is 2.14. The molecule has 3 rings (SSSR count). The zero-order valence-electron chi connectivity index (χ0n) is 11.3. The van der Waals surface area contributed by atoms with E-state index >= 15 is 0 Å². The monoisotopic (exact) mass is 314 g/mol. The van der Waals surface area contributed by atoms with Crippen LogP contribution in [0.15, 0.2) is 48.5 Å². The molecule has 2 amide bonds. The van der Waals surface area contributed by atoms with Crippen LogP contribution in [0.5, 0.6) is 0 Å². The summed E-state index contributed by atoms with van der Waals surface area (Å²) >= 11 is 5.75. The maximum Gasteiger partial charge on any atom is 0.290 e. The number of aromatic nitrogens is 2. The van der Waals surface area contributed by atoms with Gasteiger partial charge in [0.25, 0.3) is 11.8 Å². The molecule has 6 nitrogen and oxygen atoms in total. The van der Waals surface area contributed by atoms with Crippen molar-refractivity contribution in [2.24, 2.45) is 0 Å². The van der Waals surface area contributed by atoms with Crippen LogP contribution in [0.3, 0.4) is 0 Å². The summed E-state index contributed by atoms with van der Waals surface area (Å²) in [6, 6.07) is 13.5. The SMILES string of the molecule is O=C(NNC(=O)c1n[nH]c2ccccc12)c1ccc(Cl)cc1. The second-order valence-electron chi connectivity index (χ2n) is 4.53. The van der Waals surface area contributed by atoms with E-state index in [9.17, 15) is 9.59 Å². The lowest BCUT2D eigenvalue weighted by molar-refractivity contribution is 0.0845. The molecule has 110 valence electrons. The smallest absolute Gasteiger partial charge is 0.277 e. The maximum absolute atomic E-state index is 12.1. The van der Waals surface area contributed by atoms with E-state index in [1.165, 1.54) is 0 Å². The van der Waals surface area contributed by atoms with Gasteiger partial charge in [0.15, 0.2) is 5.69 Å². The number of carbonyl (C=O) groups excluding carboxylic acids is 2. The highest BCUT2D eigenvalue weighted by Crippen LogP contribution is 2.14. The van der Waals surface area contributed by atoms with Crippen LogP contribution < -0.4 is 10.9 Å². The molecule has 0 spiro atoms. The third-order valence-electron chi connectivity index (χ3n) is 3.08. The first kappa shape index (κ1) is 14.1. The van der Waals surface area contributed by atoms with Crippen LogP contribution in [0, 0.1) is 0 Å². The molecule has 0 unspecified atom stereocenters. The van der Waals surface area contributed by atoms with E-state index in [4.69, 9.17) is 11.6 Å². The number of benzene rings is 2. The largest absolute Gasteiger partial charge is 0.290 e. The van der Waals surface area contributed by atoms with Crippen molar-refractivity contribution in [3.8, 4) is 0 Å². The Hall–Kier alpha value is -2.86. The molecule has 0 atom stereocenters. The predicted molar refractivity (Wildman–Crippen MR) is 82.5 cm³/mol. The Kier molecular flexibility index (Phi) is 3.76. The fraction of sp³-hybridized carbons (Fsp3) is 0. The lowest BCUT2D eigenvalue weighted by Gasteiger charge is -2.06. The van der Waals surface area contributed by atoms with Crippen molar-refractivity contribution >= 4 is 34.3 Å². The van der Waals surface area contributed by atoms with Crippen molar-refractivity contribution in [1.29, 1.82) is 0 Å². The van der Waals surface area contributed by atoms with Crippen molar-refractivity contribution in [2.45, 2.75) is 0 Å². The van der Waals surface area contributed by atoms with Crippen molar-refractivity contribution < 1.29 is 9.59 Å². The number of rotatable bonds is 2. The van der Waals surface area contributed by atoms with E-state index in [1.807, 2.05) is 12.1 Å². The van der Waals surface area contributed by atoms with Gasteiger partial charge in [-0.15, -0.1) is 0 Å². The zero-order valence-corrected chi connectivity index (χ0v) is 12.0. The van der Waals surface area contributed by atoms with Crippen LogP contribution in [0.25, 0.3) is 10.9 Å². The number of para-hydroxylation sites is 1. The van der Waals surface area contributed by atoms with Gasteiger partial charge in [-0.05, 0) is 30.3 Å². The average molecular weight is 315 g/mol. The van der Waals surface area contributed by atoms with Gasteiger partial charge in [-0.3, -0.25) is 25.5 Å². The van der Waals surface area contributed by atoms with Crippen molar-refractivity contribution in [2.75, 3.05) is 0 Å². The Labute approximate surface area is 130 Å². The molecule has 0 saturated heterocycles. The number of hydrogen-bond donors (Lipinski definition) is 3. The summed E-state index contributed by atoms with van der Waals surface area (Å²) in [5.41, 5.74) is 6.02. The standard InChI is InChI=1S/C15H11ClN4O2/c16-10-7-5-9(6-8-10)14(21)19-20-15(22)13-11-3-1-2-4-12(11)17-18-13/h1-8H,(H,17,18)(H,19,21)(H,20,22). The Morgan fingerprint density at radius 3 is 2.41 bits per heavy atom. The van der Waals surface area contributed by atoms with E-state index in [2.05, 4.69) is 21.0 Å². The van der Waals surface area contributed by atoms with Crippen LogP contribution in [-0.4, -0.2) is 22.0 Å². The predicted octanol–water partition coefficient (Wildman–Crippen LogP) is 2.29. The molecule has 0 saturated carbocycles. The number of amides is 2. The summed E-state index contributed by atoms with van der Waals surface area (Å²) < 4.78 is 0. The summed E-state index contributed by atoms with van der Waals surface area (Å²) in [4.78, 5) is 24.0. The maximum atomic E-state index is 12.1. The Morgan fingerprint density at radius 2 is 1.64 bits per heavy atom. The van der Waals surface area contributed by atoms with Gasteiger partial charge in [0.2, 0.25) is 0 Å². The highest BCUT2D eigenvalue weighted by atomic mass is 35.5. The molecule has 7 heteroatoms. The molecule has 0 aliphatic heterocycles. The fourth-order valence-corrected chi connectivity index (χ4v) is 2.11. The third kappa shape index (κ3) is 2.77. The van der Waals surface area contributed by atoms with Crippen LogP contribution in [-0.2, 0) is 0 Å². The molecule has 0 bridgehead atoms. The summed E-state index contributed by atoms with van der Waals surface area (Å²) in [7, 11) is 0. The Morgan fingerprint density at radius 1 is 0.955 bits per heavy atom. The van der Waals surface area contributed by atoms with Gasteiger partial charge in [0.1, 0.15) is 0 Å². The molecule has 0 aliphatic rings. The van der Waals surface area contributed by atoms with Crippen LogP contribution in [0.2, 0.25) is 5.02 Å². The van der Waals surface area contributed by atoms with Crippen molar-refractivity contribution in [1.82, 2.24) is 21.0 Å². The molecular formula is C15H11ClN4O2. The lowest BCUT2D eigenvalue weighted by Crippen LogP contribution is -2.41. The normalized spacial score (nSPS) is 10.4. The van der Waals surface area contributed by atoms with Crippen LogP contribution in [0.1, 0.15) is 20.8 Å². The molecule has 1 aromatic heterocycles. The van der Waals surface area contributed by atoms with Gasteiger partial charge < -0.3 is 0 Å². The molecule has 0 fully saturated rings. The quantitative estimate of drug-likeness (QED) is 0.634. The number of aromatic amines is 1. The summed E-state index contributed by atoms with van der Waals surface area (Å²) in [5, 5.41) is 7.92. The van der Waals surface area contributed by atoms with Crippen LogP contribution in [0.4, 0.5) is 0 Å². The Bertz CT molecular complexity index is 842. The third-order valence-corrected chi connectivity index (χ3v) is 3.33. The van der Waals surface area contributed by atoms with E-state index in [0.717, 1.165) is 5.52 Å². The number of H-pyrrole nitrogens is 1. The number of hydrogen-bond acceptors (Lipinski definition) is 3. The minimum Gasteiger partial charge on any atom is -0.277 e. The average Bonchev–Trinajstić information content (AvgIpc) is 2.97. The minimum absolute atomic E-state index is 0.215.